The van der Waals surface area contributed by atoms with E-state index in [1.54, 1.807) is 43.4 Å². The first-order valence-corrected chi connectivity index (χ1v) is 5.75. The van der Waals surface area contributed by atoms with E-state index >= 15 is 0 Å². The highest BCUT2D eigenvalue weighted by molar-refractivity contribution is 5.96. The molecule has 0 bridgehead atoms. The summed E-state index contributed by atoms with van der Waals surface area (Å²) in [5.41, 5.74) is 7.51. The van der Waals surface area contributed by atoms with E-state index in [1.165, 1.54) is 6.07 Å². The van der Waals surface area contributed by atoms with Crippen molar-refractivity contribution in [3.8, 4) is 0 Å². The first kappa shape index (κ1) is 12.9. The van der Waals surface area contributed by atoms with Crippen LogP contribution in [0.1, 0.15) is 10.4 Å². The smallest absolute Gasteiger partial charge is 0.251 e. The summed E-state index contributed by atoms with van der Waals surface area (Å²) in [5.74, 6) is -0.608. The Morgan fingerprint density at radius 3 is 2.58 bits per heavy atom. The molecule has 98 valence electrons. The van der Waals surface area contributed by atoms with Crippen LogP contribution in [0, 0.1) is 5.82 Å². The van der Waals surface area contributed by atoms with Crippen LogP contribution in [-0.4, -0.2) is 13.0 Å². The maximum absolute atomic E-state index is 13.5. The van der Waals surface area contributed by atoms with E-state index in [-0.39, 0.29) is 11.7 Å². The van der Waals surface area contributed by atoms with Crippen LogP contribution in [0.5, 0.6) is 0 Å². The third kappa shape index (κ3) is 2.82. The summed E-state index contributed by atoms with van der Waals surface area (Å²) in [5, 5.41) is 5.40. The number of benzene rings is 2. The summed E-state index contributed by atoms with van der Waals surface area (Å²) in [6, 6.07) is 11.1. The lowest BCUT2D eigenvalue weighted by Gasteiger charge is -2.11. The number of carbonyl (C=O) groups excluding carboxylic acids is 1. The van der Waals surface area contributed by atoms with E-state index in [2.05, 4.69) is 10.6 Å². The highest BCUT2D eigenvalue weighted by Crippen LogP contribution is 2.25. The molecule has 5 heteroatoms. The second-order valence-electron chi connectivity index (χ2n) is 3.99. The van der Waals surface area contributed by atoms with E-state index in [1.807, 2.05) is 0 Å². The molecule has 0 aliphatic carbocycles. The largest absolute Gasteiger partial charge is 0.397 e. The number of carbonyl (C=O) groups is 1. The number of hydrogen-bond donors (Lipinski definition) is 3. The van der Waals surface area contributed by atoms with Crippen molar-refractivity contribution in [3.63, 3.8) is 0 Å². The van der Waals surface area contributed by atoms with Crippen LogP contribution in [0.15, 0.2) is 42.5 Å². The van der Waals surface area contributed by atoms with Crippen LogP contribution in [0.25, 0.3) is 0 Å². The molecule has 0 saturated carbocycles. The van der Waals surface area contributed by atoms with Gasteiger partial charge in [0.25, 0.3) is 5.91 Å². The van der Waals surface area contributed by atoms with Gasteiger partial charge in [-0.2, -0.15) is 0 Å². The number of halogens is 1. The number of rotatable bonds is 3. The Bertz CT molecular complexity index is 613. The standard InChI is InChI=1S/C14H14FN3O/c1-17-14(19)9-6-7-11(16)13(8-9)18-12-5-3-2-4-10(12)15/h2-8,18H,16H2,1H3,(H,17,19). The second-order valence-corrected chi connectivity index (χ2v) is 3.99. The van der Waals surface area contributed by atoms with Gasteiger partial charge in [-0.3, -0.25) is 4.79 Å². The SMILES string of the molecule is CNC(=O)c1ccc(N)c(Nc2ccccc2F)c1. The predicted octanol–water partition coefficient (Wildman–Crippen LogP) is 2.51. The molecule has 0 aliphatic rings. The van der Waals surface area contributed by atoms with E-state index < -0.39 is 0 Å². The number of para-hydroxylation sites is 1. The molecule has 0 atom stereocenters. The lowest BCUT2D eigenvalue weighted by atomic mass is 10.1. The molecule has 2 aromatic rings. The quantitative estimate of drug-likeness (QED) is 0.742. The van der Waals surface area contributed by atoms with Gasteiger partial charge in [0, 0.05) is 12.6 Å². The number of nitrogen functional groups attached to an aromatic ring is 1. The topological polar surface area (TPSA) is 67.2 Å². The van der Waals surface area contributed by atoms with E-state index in [4.69, 9.17) is 5.73 Å². The van der Waals surface area contributed by atoms with Crippen LogP contribution in [0.3, 0.4) is 0 Å². The van der Waals surface area contributed by atoms with Gasteiger partial charge in [-0.25, -0.2) is 4.39 Å². The molecular formula is C14H14FN3O. The average molecular weight is 259 g/mol. The van der Waals surface area contributed by atoms with Gasteiger partial charge in [0.2, 0.25) is 0 Å². The minimum absolute atomic E-state index is 0.225. The molecule has 0 aromatic heterocycles. The zero-order valence-electron chi connectivity index (χ0n) is 10.4. The Morgan fingerprint density at radius 2 is 1.89 bits per heavy atom. The molecule has 0 fully saturated rings. The summed E-state index contributed by atoms with van der Waals surface area (Å²) in [7, 11) is 1.54. The molecule has 0 aliphatic heterocycles. The minimum atomic E-state index is -0.382. The van der Waals surface area contributed by atoms with Crippen LogP contribution >= 0.6 is 0 Å². The molecule has 0 saturated heterocycles. The third-order valence-electron chi connectivity index (χ3n) is 2.69. The zero-order chi connectivity index (χ0) is 13.8. The fourth-order valence-corrected chi connectivity index (χ4v) is 1.66. The molecule has 4 N–H and O–H groups in total. The molecule has 2 aromatic carbocycles. The van der Waals surface area contributed by atoms with Crippen molar-refractivity contribution in [3.05, 3.63) is 53.8 Å². The van der Waals surface area contributed by atoms with Crippen LogP contribution in [0.2, 0.25) is 0 Å². The summed E-state index contributed by atoms with van der Waals surface area (Å²) < 4.78 is 13.5. The second kappa shape index (κ2) is 5.39. The highest BCUT2D eigenvalue weighted by atomic mass is 19.1. The number of nitrogens with one attached hydrogen (secondary N) is 2. The molecule has 0 heterocycles. The average Bonchev–Trinajstić information content (AvgIpc) is 2.42. The molecule has 1 amide bonds. The van der Waals surface area contributed by atoms with E-state index in [9.17, 15) is 9.18 Å². The van der Waals surface area contributed by atoms with Crippen molar-refractivity contribution in [1.82, 2.24) is 5.32 Å². The van der Waals surface area contributed by atoms with E-state index in [0.717, 1.165) is 0 Å². The number of nitrogens with two attached hydrogens (primary N) is 1. The highest BCUT2D eigenvalue weighted by Gasteiger charge is 2.08. The third-order valence-corrected chi connectivity index (χ3v) is 2.69. The molecule has 4 nitrogen and oxygen atoms in total. The Balaban J connectivity index is 2.34. The molecule has 0 unspecified atom stereocenters. The summed E-state index contributed by atoms with van der Waals surface area (Å²) in [6.45, 7) is 0. The van der Waals surface area contributed by atoms with Gasteiger partial charge in [-0.1, -0.05) is 12.1 Å². The van der Waals surface area contributed by atoms with E-state index in [0.29, 0.717) is 22.6 Å². The van der Waals surface area contributed by atoms with Crippen LogP contribution in [-0.2, 0) is 0 Å². The van der Waals surface area contributed by atoms with Crippen molar-refractivity contribution < 1.29 is 9.18 Å². The summed E-state index contributed by atoms with van der Waals surface area (Å²) in [6.07, 6.45) is 0. The maximum atomic E-state index is 13.5. The van der Waals surface area contributed by atoms with Gasteiger partial charge < -0.3 is 16.4 Å². The van der Waals surface area contributed by atoms with Gasteiger partial charge in [0.1, 0.15) is 5.82 Å². The predicted molar refractivity (Wildman–Crippen MR) is 73.9 cm³/mol. The lowest BCUT2D eigenvalue weighted by Crippen LogP contribution is -2.18. The normalized spacial score (nSPS) is 10.0. The Kier molecular flexibility index (Phi) is 3.66. The van der Waals surface area contributed by atoms with Gasteiger partial charge >= 0.3 is 0 Å². The first-order valence-electron chi connectivity index (χ1n) is 5.75. The Morgan fingerprint density at radius 1 is 1.16 bits per heavy atom. The molecule has 2 rings (SSSR count). The molecule has 0 spiro atoms. The Hall–Kier alpha value is -2.56. The van der Waals surface area contributed by atoms with Crippen LogP contribution in [0.4, 0.5) is 21.5 Å². The van der Waals surface area contributed by atoms with Gasteiger partial charge in [-0.05, 0) is 30.3 Å². The Labute approximate surface area is 110 Å². The maximum Gasteiger partial charge on any atom is 0.251 e. The number of hydrogen-bond acceptors (Lipinski definition) is 3. The summed E-state index contributed by atoms with van der Waals surface area (Å²) in [4.78, 5) is 11.5. The number of amides is 1. The van der Waals surface area contributed by atoms with Crippen LogP contribution < -0.4 is 16.4 Å². The first-order chi connectivity index (χ1) is 9.11. The van der Waals surface area contributed by atoms with Gasteiger partial charge in [0.15, 0.2) is 0 Å². The van der Waals surface area contributed by atoms with Gasteiger partial charge in [-0.15, -0.1) is 0 Å². The fraction of sp³-hybridized carbons (Fsp3) is 0.0714. The minimum Gasteiger partial charge on any atom is -0.397 e. The van der Waals surface area contributed by atoms with Crippen molar-refractivity contribution in [2.24, 2.45) is 0 Å². The molecular weight excluding hydrogens is 245 g/mol. The van der Waals surface area contributed by atoms with Crippen molar-refractivity contribution in [1.29, 1.82) is 0 Å². The summed E-state index contributed by atoms with van der Waals surface area (Å²) >= 11 is 0. The van der Waals surface area contributed by atoms with Crippen molar-refractivity contribution in [2.75, 3.05) is 18.1 Å². The van der Waals surface area contributed by atoms with Gasteiger partial charge in [0.05, 0.1) is 17.1 Å². The monoisotopic (exact) mass is 259 g/mol. The van der Waals surface area contributed by atoms with Crippen molar-refractivity contribution >= 4 is 23.0 Å². The zero-order valence-corrected chi connectivity index (χ0v) is 10.4. The fourth-order valence-electron chi connectivity index (χ4n) is 1.66. The molecule has 0 radical (unpaired) electrons. The van der Waals surface area contributed by atoms with Crippen molar-refractivity contribution in [2.45, 2.75) is 0 Å². The molecule has 19 heavy (non-hydrogen) atoms. The number of anilines is 3. The lowest BCUT2D eigenvalue weighted by molar-refractivity contribution is 0.0963.